The van der Waals surface area contributed by atoms with Crippen LogP contribution >= 0.6 is 0 Å². The van der Waals surface area contributed by atoms with Crippen LogP contribution in [0.25, 0.3) is 0 Å². The van der Waals surface area contributed by atoms with Gasteiger partial charge < -0.3 is 15.0 Å². The van der Waals surface area contributed by atoms with Crippen molar-refractivity contribution in [1.29, 1.82) is 0 Å². The van der Waals surface area contributed by atoms with E-state index in [1.54, 1.807) is 0 Å². The molecule has 0 aliphatic heterocycles. The number of halogens is 3. The molecule has 2 aliphatic rings. The van der Waals surface area contributed by atoms with E-state index in [1.807, 2.05) is 0 Å². The number of ether oxygens (including phenoxy) is 1. The Morgan fingerprint density at radius 3 is 2.61 bits per heavy atom. The van der Waals surface area contributed by atoms with Crippen molar-refractivity contribution in [3.05, 3.63) is 63.8 Å². The lowest BCUT2D eigenvalue weighted by Gasteiger charge is -2.25. The molecule has 2 aliphatic carbocycles. The molecule has 1 aromatic heterocycles. The topological polar surface area (TPSA) is 71.2 Å². The average molecular weight is 394 g/mol. The minimum Gasteiger partial charge on any atom is -0.494 e. The van der Waals surface area contributed by atoms with Gasteiger partial charge in [0.05, 0.1) is 11.7 Å². The number of aromatic nitrogens is 1. The van der Waals surface area contributed by atoms with Gasteiger partial charge in [0.25, 0.3) is 5.91 Å². The lowest BCUT2D eigenvalue weighted by Crippen LogP contribution is -2.19. The zero-order valence-electron chi connectivity index (χ0n) is 15.1. The Labute approximate surface area is 160 Å². The summed E-state index contributed by atoms with van der Waals surface area (Å²) >= 11 is 0. The molecule has 28 heavy (non-hydrogen) atoms. The number of nitrogens with one attached hydrogen (secondary N) is 2. The highest BCUT2D eigenvalue weighted by atomic mass is 19.4. The summed E-state index contributed by atoms with van der Waals surface area (Å²) in [7, 11) is 0. The first kappa shape index (κ1) is 20.0. The first-order valence-electron chi connectivity index (χ1n) is 9.16. The van der Waals surface area contributed by atoms with Gasteiger partial charge in [-0.15, -0.1) is 0 Å². The van der Waals surface area contributed by atoms with E-state index in [0.717, 1.165) is 50.3 Å². The standard InChI is InChI=1S/C20H21F3N2O3/c21-20(22,23)14-7-6-13(19(27)25-15-8-9-24-18(26)12-15)10-17(11-14)28-16-4-2-1-3-5-16/h6-9,11-12,16H,1-5,10H2,(H2,24,25,26,27). The largest absolute Gasteiger partial charge is 0.494 e. The van der Waals surface area contributed by atoms with Crippen LogP contribution in [0.15, 0.2) is 58.3 Å². The van der Waals surface area contributed by atoms with Crippen LogP contribution < -0.4 is 10.9 Å². The molecular formula is C20H21F3N2O3. The van der Waals surface area contributed by atoms with Crippen molar-refractivity contribution in [3.63, 3.8) is 0 Å². The summed E-state index contributed by atoms with van der Waals surface area (Å²) in [6.07, 6.45) is 4.27. The number of H-pyrrole nitrogens is 1. The molecule has 0 radical (unpaired) electrons. The maximum absolute atomic E-state index is 13.3. The minimum absolute atomic E-state index is 0.0540. The minimum atomic E-state index is -4.55. The third-order valence-corrected chi connectivity index (χ3v) is 4.67. The zero-order chi connectivity index (χ0) is 20.1. The molecule has 0 spiro atoms. The molecule has 1 saturated carbocycles. The Kier molecular flexibility index (Phi) is 6.06. The second-order valence-corrected chi connectivity index (χ2v) is 6.87. The first-order chi connectivity index (χ1) is 13.3. The van der Waals surface area contributed by atoms with Crippen LogP contribution in [0.4, 0.5) is 18.9 Å². The van der Waals surface area contributed by atoms with Crippen molar-refractivity contribution < 1.29 is 22.7 Å². The number of carbonyl (C=O) groups is 1. The quantitative estimate of drug-likeness (QED) is 0.797. The van der Waals surface area contributed by atoms with E-state index in [4.69, 9.17) is 4.74 Å². The maximum atomic E-state index is 13.3. The third-order valence-electron chi connectivity index (χ3n) is 4.67. The highest BCUT2D eigenvalue weighted by Gasteiger charge is 2.34. The SMILES string of the molecule is O=C(Nc1cc[nH]c(=O)c1)C1=CC=C(C(F)(F)F)C=C(OC2CCCCC2)C1. The molecule has 0 saturated heterocycles. The molecule has 3 rings (SSSR count). The van der Waals surface area contributed by atoms with Gasteiger partial charge in [0.2, 0.25) is 5.56 Å². The average Bonchev–Trinajstić information content (AvgIpc) is 2.85. The van der Waals surface area contributed by atoms with E-state index in [9.17, 15) is 22.8 Å². The molecule has 1 heterocycles. The Balaban J connectivity index is 1.81. The van der Waals surface area contributed by atoms with Gasteiger partial charge in [0, 0.05) is 29.9 Å². The van der Waals surface area contributed by atoms with E-state index in [-0.39, 0.29) is 29.5 Å². The van der Waals surface area contributed by atoms with Crippen LogP contribution in [0.5, 0.6) is 0 Å². The van der Waals surface area contributed by atoms with Crippen LogP contribution in [0, 0.1) is 0 Å². The van der Waals surface area contributed by atoms with Crippen molar-refractivity contribution in [3.8, 4) is 0 Å². The Morgan fingerprint density at radius 2 is 1.93 bits per heavy atom. The summed E-state index contributed by atoms with van der Waals surface area (Å²) in [5, 5.41) is 2.54. The molecule has 1 amide bonds. The van der Waals surface area contributed by atoms with Gasteiger partial charge in [-0.3, -0.25) is 9.59 Å². The number of allylic oxidation sites excluding steroid dienone is 5. The molecule has 8 heteroatoms. The van der Waals surface area contributed by atoms with E-state index in [0.29, 0.717) is 0 Å². The molecule has 0 aromatic carbocycles. The van der Waals surface area contributed by atoms with E-state index in [1.165, 1.54) is 18.3 Å². The fraction of sp³-hybridized carbons (Fsp3) is 0.400. The van der Waals surface area contributed by atoms with E-state index in [2.05, 4.69) is 10.3 Å². The maximum Gasteiger partial charge on any atom is 0.416 e. The van der Waals surface area contributed by atoms with Gasteiger partial charge in [0.15, 0.2) is 0 Å². The van der Waals surface area contributed by atoms with Gasteiger partial charge in [-0.1, -0.05) is 12.5 Å². The summed E-state index contributed by atoms with van der Waals surface area (Å²) in [6.45, 7) is 0. The first-order valence-corrected chi connectivity index (χ1v) is 9.16. The predicted octanol–water partition coefficient (Wildman–Crippen LogP) is 4.37. The monoisotopic (exact) mass is 394 g/mol. The zero-order valence-corrected chi connectivity index (χ0v) is 15.1. The summed E-state index contributed by atoms with van der Waals surface area (Å²) in [6, 6.07) is 2.68. The van der Waals surface area contributed by atoms with Crippen molar-refractivity contribution in [2.75, 3.05) is 5.32 Å². The van der Waals surface area contributed by atoms with Crippen LogP contribution in [0.3, 0.4) is 0 Å². The van der Waals surface area contributed by atoms with E-state index >= 15 is 0 Å². The number of hydrogen-bond donors (Lipinski definition) is 2. The summed E-state index contributed by atoms with van der Waals surface area (Å²) in [4.78, 5) is 26.3. The number of hydrogen-bond acceptors (Lipinski definition) is 3. The van der Waals surface area contributed by atoms with Crippen LogP contribution in [-0.4, -0.2) is 23.2 Å². The molecule has 1 fully saturated rings. The number of rotatable bonds is 4. The van der Waals surface area contributed by atoms with Crippen molar-refractivity contribution in [1.82, 2.24) is 4.98 Å². The number of carbonyl (C=O) groups excluding carboxylic acids is 1. The van der Waals surface area contributed by atoms with Crippen LogP contribution in [0.1, 0.15) is 38.5 Å². The Hall–Kier alpha value is -2.77. The Morgan fingerprint density at radius 1 is 1.18 bits per heavy atom. The molecule has 1 aromatic rings. The lowest BCUT2D eigenvalue weighted by atomic mass is 9.97. The number of anilines is 1. The molecule has 2 N–H and O–H groups in total. The van der Waals surface area contributed by atoms with Crippen LogP contribution in [0.2, 0.25) is 0 Å². The second kappa shape index (κ2) is 8.50. The smallest absolute Gasteiger partial charge is 0.416 e. The molecule has 0 unspecified atom stereocenters. The molecule has 150 valence electrons. The van der Waals surface area contributed by atoms with Gasteiger partial charge in [-0.05, 0) is 43.9 Å². The molecule has 0 atom stereocenters. The summed E-state index contributed by atoms with van der Waals surface area (Å²) in [5.41, 5.74) is -0.871. The Bertz CT molecular complexity index is 875. The number of amides is 1. The number of pyridine rings is 1. The normalized spacial score (nSPS) is 18.5. The molecular weight excluding hydrogens is 373 g/mol. The highest BCUT2D eigenvalue weighted by Crippen LogP contribution is 2.33. The number of aromatic amines is 1. The van der Waals surface area contributed by atoms with Crippen LogP contribution in [-0.2, 0) is 9.53 Å². The highest BCUT2D eigenvalue weighted by molar-refractivity contribution is 6.04. The lowest BCUT2D eigenvalue weighted by molar-refractivity contribution is -0.113. The van der Waals surface area contributed by atoms with E-state index < -0.39 is 23.2 Å². The number of alkyl halides is 3. The van der Waals surface area contributed by atoms with Crippen molar-refractivity contribution in [2.24, 2.45) is 0 Å². The fourth-order valence-electron chi connectivity index (χ4n) is 3.25. The summed E-state index contributed by atoms with van der Waals surface area (Å²) < 4.78 is 45.6. The van der Waals surface area contributed by atoms with Gasteiger partial charge in [-0.2, -0.15) is 13.2 Å². The molecule has 0 bridgehead atoms. The fourth-order valence-corrected chi connectivity index (χ4v) is 3.25. The van der Waals surface area contributed by atoms with Gasteiger partial charge >= 0.3 is 6.18 Å². The van der Waals surface area contributed by atoms with Crippen molar-refractivity contribution >= 4 is 11.6 Å². The van der Waals surface area contributed by atoms with Gasteiger partial charge in [-0.25, -0.2) is 0 Å². The second-order valence-electron chi connectivity index (χ2n) is 6.87. The predicted molar refractivity (Wildman–Crippen MR) is 98.6 cm³/mol. The van der Waals surface area contributed by atoms with Gasteiger partial charge in [0.1, 0.15) is 5.76 Å². The molecule has 5 nitrogen and oxygen atoms in total. The third kappa shape index (κ3) is 5.37. The summed E-state index contributed by atoms with van der Waals surface area (Å²) in [5.74, 6) is -0.455. The van der Waals surface area contributed by atoms with Crippen molar-refractivity contribution in [2.45, 2.75) is 50.8 Å².